The number of aromatic nitrogens is 1. The first-order valence-corrected chi connectivity index (χ1v) is 9.15. The maximum Gasteiger partial charge on any atom is 0.325 e. The predicted octanol–water partition coefficient (Wildman–Crippen LogP) is 0.997. The average Bonchev–Trinajstić information content (AvgIpc) is 3.22. The molecule has 28 heavy (non-hydrogen) atoms. The van der Waals surface area contributed by atoms with Gasteiger partial charge in [-0.1, -0.05) is 35.5 Å². The molecular weight excluding hydrogens is 362 g/mol. The van der Waals surface area contributed by atoms with E-state index in [-0.39, 0.29) is 30.1 Å². The quantitative estimate of drug-likeness (QED) is 0.849. The zero-order chi connectivity index (χ0) is 19.7. The van der Waals surface area contributed by atoms with Gasteiger partial charge < -0.3 is 14.7 Å². The highest BCUT2D eigenvalue weighted by Crippen LogP contribution is 2.21. The van der Waals surface area contributed by atoms with E-state index >= 15 is 0 Å². The van der Waals surface area contributed by atoms with Crippen molar-refractivity contribution < 1.29 is 18.9 Å². The molecule has 2 saturated heterocycles. The van der Waals surface area contributed by atoms with Crippen molar-refractivity contribution in [1.82, 2.24) is 25.2 Å². The van der Waals surface area contributed by atoms with Crippen molar-refractivity contribution in [2.45, 2.75) is 12.6 Å². The summed E-state index contributed by atoms with van der Waals surface area (Å²) in [4.78, 5) is 41.3. The minimum absolute atomic E-state index is 0.186. The molecule has 2 aliphatic heterocycles. The summed E-state index contributed by atoms with van der Waals surface area (Å²) in [6, 6.07) is 10.7. The zero-order valence-corrected chi connectivity index (χ0v) is 15.5. The van der Waals surface area contributed by atoms with Gasteiger partial charge in [0.25, 0.3) is 5.91 Å². The van der Waals surface area contributed by atoms with E-state index in [9.17, 15) is 14.4 Å². The number of nitrogens with zero attached hydrogens (tertiary/aromatic N) is 4. The van der Waals surface area contributed by atoms with Crippen molar-refractivity contribution in [2.75, 3.05) is 33.2 Å². The number of hydrogen-bond acceptors (Lipinski definition) is 6. The van der Waals surface area contributed by atoms with Crippen molar-refractivity contribution in [3.63, 3.8) is 0 Å². The second-order valence-corrected chi connectivity index (χ2v) is 6.89. The van der Waals surface area contributed by atoms with E-state index in [0.717, 1.165) is 10.5 Å². The number of benzene rings is 1. The first kappa shape index (κ1) is 18.2. The molecule has 0 bridgehead atoms. The molecule has 2 aromatic rings. The largest absolute Gasteiger partial charge is 0.355 e. The number of carbonyl (C=O) groups excluding carboxylic acids is 3. The van der Waals surface area contributed by atoms with Crippen LogP contribution in [-0.4, -0.2) is 77.1 Å². The Hall–Kier alpha value is -3.20. The van der Waals surface area contributed by atoms with Crippen LogP contribution >= 0.6 is 0 Å². The van der Waals surface area contributed by atoms with Crippen LogP contribution in [0.5, 0.6) is 0 Å². The van der Waals surface area contributed by atoms with Crippen LogP contribution in [0.4, 0.5) is 4.79 Å². The molecule has 0 spiro atoms. The van der Waals surface area contributed by atoms with Crippen LogP contribution in [0.25, 0.3) is 11.3 Å². The SMILES string of the molecule is CN1C(=O)CC(N2CCN(C(=O)c3cc(-c4ccccc4)on3)CC2)NC1=O. The zero-order valence-electron chi connectivity index (χ0n) is 15.5. The van der Waals surface area contributed by atoms with Gasteiger partial charge in [-0.3, -0.25) is 19.4 Å². The van der Waals surface area contributed by atoms with Crippen LogP contribution in [0.2, 0.25) is 0 Å². The topological polar surface area (TPSA) is 99.0 Å². The number of urea groups is 1. The van der Waals surface area contributed by atoms with Crippen LogP contribution in [0.1, 0.15) is 16.9 Å². The van der Waals surface area contributed by atoms with E-state index in [0.29, 0.717) is 31.9 Å². The molecule has 4 rings (SSSR count). The fraction of sp³-hybridized carbons (Fsp3) is 0.368. The summed E-state index contributed by atoms with van der Waals surface area (Å²) >= 11 is 0. The molecule has 0 radical (unpaired) electrons. The molecule has 1 unspecified atom stereocenters. The Labute approximate surface area is 161 Å². The summed E-state index contributed by atoms with van der Waals surface area (Å²) in [6.45, 7) is 2.11. The van der Waals surface area contributed by atoms with Crippen molar-refractivity contribution >= 4 is 17.8 Å². The van der Waals surface area contributed by atoms with Crippen molar-refractivity contribution in [3.05, 3.63) is 42.1 Å². The molecule has 2 aliphatic rings. The van der Waals surface area contributed by atoms with E-state index in [1.807, 2.05) is 35.2 Å². The minimum Gasteiger partial charge on any atom is -0.355 e. The summed E-state index contributed by atoms with van der Waals surface area (Å²) in [5, 5.41) is 6.74. The molecule has 2 fully saturated rings. The standard InChI is InChI=1S/C19H21N5O4/c1-22-17(25)12-16(20-19(22)27)23-7-9-24(10-8-23)18(26)14-11-15(28-21-14)13-5-3-2-4-6-13/h2-6,11,16H,7-10,12H2,1H3,(H,20,27). The molecule has 146 valence electrons. The first-order valence-electron chi connectivity index (χ1n) is 9.15. The van der Waals surface area contributed by atoms with Crippen molar-refractivity contribution in [1.29, 1.82) is 0 Å². The first-order chi connectivity index (χ1) is 13.5. The maximum absolute atomic E-state index is 12.7. The van der Waals surface area contributed by atoms with Crippen LogP contribution < -0.4 is 5.32 Å². The molecule has 9 nitrogen and oxygen atoms in total. The van der Waals surface area contributed by atoms with Gasteiger partial charge in [0.15, 0.2) is 11.5 Å². The number of nitrogens with one attached hydrogen (secondary N) is 1. The molecule has 3 heterocycles. The molecular formula is C19H21N5O4. The average molecular weight is 383 g/mol. The lowest BCUT2D eigenvalue weighted by Gasteiger charge is -2.41. The van der Waals surface area contributed by atoms with Crippen molar-refractivity contribution in [2.24, 2.45) is 0 Å². The second-order valence-electron chi connectivity index (χ2n) is 6.89. The highest BCUT2D eigenvalue weighted by Gasteiger charge is 2.35. The van der Waals surface area contributed by atoms with Gasteiger partial charge in [0.2, 0.25) is 5.91 Å². The van der Waals surface area contributed by atoms with Gasteiger partial charge in [-0.15, -0.1) is 0 Å². The molecule has 0 aliphatic carbocycles. The second kappa shape index (κ2) is 7.43. The van der Waals surface area contributed by atoms with Gasteiger partial charge in [-0.25, -0.2) is 4.79 Å². The number of hydrogen-bond donors (Lipinski definition) is 1. The Kier molecular flexibility index (Phi) is 4.82. The van der Waals surface area contributed by atoms with E-state index in [1.165, 1.54) is 7.05 Å². The van der Waals surface area contributed by atoms with Gasteiger partial charge in [0, 0.05) is 44.9 Å². The lowest BCUT2D eigenvalue weighted by Crippen LogP contribution is -2.62. The number of piperazine rings is 1. The molecule has 0 saturated carbocycles. The number of carbonyl (C=O) groups is 3. The van der Waals surface area contributed by atoms with Gasteiger partial charge >= 0.3 is 6.03 Å². The monoisotopic (exact) mass is 383 g/mol. The van der Waals surface area contributed by atoms with Crippen LogP contribution in [0, 0.1) is 0 Å². The molecule has 1 aromatic heterocycles. The summed E-state index contributed by atoms with van der Waals surface area (Å²) in [6.07, 6.45) is -0.0925. The fourth-order valence-corrected chi connectivity index (χ4v) is 3.44. The lowest BCUT2D eigenvalue weighted by molar-refractivity contribution is -0.130. The van der Waals surface area contributed by atoms with Gasteiger partial charge in [0.1, 0.15) is 0 Å². The van der Waals surface area contributed by atoms with E-state index in [2.05, 4.69) is 10.5 Å². The van der Waals surface area contributed by atoms with Crippen LogP contribution in [0.3, 0.4) is 0 Å². The van der Waals surface area contributed by atoms with E-state index in [4.69, 9.17) is 4.52 Å². The third kappa shape index (κ3) is 3.48. The summed E-state index contributed by atoms with van der Waals surface area (Å²) < 4.78 is 5.32. The molecule has 1 atom stereocenters. The Morgan fingerprint density at radius 1 is 1.14 bits per heavy atom. The highest BCUT2D eigenvalue weighted by molar-refractivity contribution is 5.97. The van der Waals surface area contributed by atoms with Crippen LogP contribution in [-0.2, 0) is 4.79 Å². The summed E-state index contributed by atoms with van der Waals surface area (Å²) in [5.41, 5.74) is 1.14. The Bertz CT molecular complexity index is 871. The predicted molar refractivity (Wildman–Crippen MR) is 99.1 cm³/mol. The molecule has 9 heteroatoms. The smallest absolute Gasteiger partial charge is 0.325 e. The normalized spacial score (nSPS) is 21.0. The third-order valence-corrected chi connectivity index (χ3v) is 5.17. The molecule has 1 aromatic carbocycles. The Morgan fingerprint density at radius 3 is 2.54 bits per heavy atom. The fourth-order valence-electron chi connectivity index (χ4n) is 3.44. The molecule has 4 amide bonds. The number of rotatable bonds is 3. The van der Waals surface area contributed by atoms with Gasteiger partial charge in [-0.2, -0.15) is 0 Å². The molecule has 1 N–H and O–H groups in total. The minimum atomic E-state index is -0.393. The Balaban J connectivity index is 1.36. The van der Waals surface area contributed by atoms with E-state index < -0.39 is 6.03 Å². The van der Waals surface area contributed by atoms with Gasteiger partial charge in [0.05, 0.1) is 12.6 Å². The summed E-state index contributed by atoms with van der Waals surface area (Å²) in [7, 11) is 1.46. The van der Waals surface area contributed by atoms with Gasteiger partial charge in [-0.05, 0) is 0 Å². The van der Waals surface area contributed by atoms with Crippen molar-refractivity contribution in [3.8, 4) is 11.3 Å². The number of imide groups is 1. The number of amides is 4. The summed E-state index contributed by atoms with van der Waals surface area (Å²) in [5.74, 6) is 0.160. The van der Waals surface area contributed by atoms with E-state index in [1.54, 1.807) is 11.0 Å². The Morgan fingerprint density at radius 2 is 1.86 bits per heavy atom. The maximum atomic E-state index is 12.7. The highest BCUT2D eigenvalue weighted by atomic mass is 16.5. The van der Waals surface area contributed by atoms with Crippen LogP contribution in [0.15, 0.2) is 40.9 Å². The third-order valence-electron chi connectivity index (χ3n) is 5.17. The lowest BCUT2D eigenvalue weighted by atomic mass is 10.1.